The van der Waals surface area contributed by atoms with Crippen molar-refractivity contribution >= 4 is 28.5 Å². The molecule has 0 saturated carbocycles. The Kier molecular flexibility index (Phi) is 5.82. The van der Waals surface area contributed by atoms with Gasteiger partial charge in [0.05, 0.1) is 31.8 Å². The molecule has 0 aliphatic carbocycles. The first-order valence-electron chi connectivity index (χ1n) is 11.7. The Labute approximate surface area is 209 Å². The molecule has 6 rings (SSSR count). The molecule has 5 heterocycles. The molecule has 37 heavy (non-hydrogen) atoms. The molecule has 14 heteroatoms. The summed E-state index contributed by atoms with van der Waals surface area (Å²) in [4.78, 5) is 29.0. The van der Waals surface area contributed by atoms with Crippen LogP contribution in [0, 0.1) is 0 Å². The standard InChI is InChI=1S/C23H24N8O6/c1-30-8-15-20(29-23(30)34)28-18-13(3-2-4-14(18)36-15)35-6-5-24-21-19-22(26-10-25-21)31(11-27-19)17-7-12(33)16(9-32)37-17/h2-4,8,10-12,16-17,32-33H,5-7,9H2,1H3,(H,24,25,26)(H,28,29,34)/t12-,16+,17+/m0/s1. The minimum atomic E-state index is -0.762. The first-order valence-corrected chi connectivity index (χ1v) is 11.7. The van der Waals surface area contributed by atoms with E-state index in [0.717, 1.165) is 0 Å². The second-order valence-electron chi connectivity index (χ2n) is 8.64. The third-order valence-corrected chi connectivity index (χ3v) is 6.21. The van der Waals surface area contributed by atoms with Gasteiger partial charge in [-0.2, -0.15) is 4.98 Å². The molecule has 2 aliphatic heterocycles. The van der Waals surface area contributed by atoms with Crippen LogP contribution in [0.3, 0.4) is 0 Å². The van der Waals surface area contributed by atoms with Crippen molar-refractivity contribution in [1.29, 1.82) is 0 Å². The number of rotatable bonds is 7. The number of benzene rings is 1. The van der Waals surface area contributed by atoms with Crippen molar-refractivity contribution in [2.45, 2.75) is 24.9 Å². The van der Waals surface area contributed by atoms with Crippen LogP contribution in [0.1, 0.15) is 12.6 Å². The zero-order valence-corrected chi connectivity index (χ0v) is 19.7. The van der Waals surface area contributed by atoms with Crippen molar-refractivity contribution in [3.05, 3.63) is 47.5 Å². The normalized spacial score (nSPS) is 20.1. The predicted octanol–water partition coefficient (Wildman–Crippen LogP) is 0.901. The van der Waals surface area contributed by atoms with Crippen LogP contribution >= 0.6 is 0 Å². The van der Waals surface area contributed by atoms with E-state index in [2.05, 4.69) is 30.6 Å². The molecule has 4 N–H and O–H groups in total. The van der Waals surface area contributed by atoms with Crippen molar-refractivity contribution in [1.82, 2.24) is 29.1 Å². The fourth-order valence-electron chi connectivity index (χ4n) is 4.34. The van der Waals surface area contributed by atoms with Gasteiger partial charge in [0.15, 0.2) is 34.3 Å². The van der Waals surface area contributed by atoms with Crippen LogP contribution in [0.15, 0.2) is 41.8 Å². The van der Waals surface area contributed by atoms with Gasteiger partial charge in [0, 0.05) is 13.5 Å². The lowest BCUT2D eigenvalue weighted by atomic mass is 10.2. The SMILES string of the molecule is Cn1cc2c(nc1=O)Nc1c(OCCNc3ncnc4c3ncn4[C@H]3C[C@H](O)[C@@H](CO)O3)cccc1O2. The number of aliphatic hydroxyl groups excluding tert-OH is 2. The number of aryl methyl sites for hydroxylation is 1. The summed E-state index contributed by atoms with van der Waals surface area (Å²) in [7, 11) is 1.61. The number of aromatic nitrogens is 6. The van der Waals surface area contributed by atoms with E-state index in [-0.39, 0.29) is 13.2 Å². The van der Waals surface area contributed by atoms with E-state index in [1.54, 1.807) is 36.3 Å². The maximum absolute atomic E-state index is 11.9. The maximum Gasteiger partial charge on any atom is 0.349 e. The summed E-state index contributed by atoms with van der Waals surface area (Å²) in [6, 6.07) is 5.40. The number of anilines is 3. The zero-order chi connectivity index (χ0) is 25.5. The first kappa shape index (κ1) is 23.1. The lowest BCUT2D eigenvalue weighted by Gasteiger charge is -2.23. The van der Waals surface area contributed by atoms with Crippen molar-refractivity contribution in [3.8, 4) is 17.2 Å². The largest absolute Gasteiger partial charge is 0.489 e. The highest BCUT2D eigenvalue weighted by Gasteiger charge is 2.35. The minimum absolute atomic E-state index is 0.264. The highest BCUT2D eigenvalue weighted by Crippen LogP contribution is 2.44. The average molecular weight is 508 g/mol. The predicted molar refractivity (Wildman–Crippen MR) is 130 cm³/mol. The van der Waals surface area contributed by atoms with Gasteiger partial charge in [-0.1, -0.05) is 6.07 Å². The molecule has 0 spiro atoms. The van der Waals surface area contributed by atoms with Gasteiger partial charge in [-0.3, -0.25) is 9.13 Å². The Bertz CT molecular complexity index is 1520. The van der Waals surface area contributed by atoms with E-state index < -0.39 is 24.1 Å². The van der Waals surface area contributed by atoms with Crippen molar-refractivity contribution in [2.75, 3.05) is 30.4 Å². The lowest BCUT2D eigenvalue weighted by molar-refractivity contribution is -0.0432. The van der Waals surface area contributed by atoms with E-state index in [4.69, 9.17) is 14.2 Å². The summed E-state index contributed by atoms with van der Waals surface area (Å²) in [6.45, 7) is 0.432. The Morgan fingerprint density at radius 2 is 2.16 bits per heavy atom. The first-order chi connectivity index (χ1) is 18.0. The summed E-state index contributed by atoms with van der Waals surface area (Å²) in [5.74, 6) is 2.40. The van der Waals surface area contributed by atoms with E-state index >= 15 is 0 Å². The molecule has 1 fully saturated rings. The summed E-state index contributed by atoms with van der Waals surface area (Å²) in [6.07, 6.45) is 3.02. The number of fused-ring (bicyclic) bond motifs is 3. The van der Waals surface area contributed by atoms with E-state index in [0.29, 0.717) is 58.7 Å². The number of hydrogen-bond acceptors (Lipinski definition) is 12. The van der Waals surface area contributed by atoms with Gasteiger partial charge < -0.3 is 35.1 Å². The number of nitrogens with zero attached hydrogens (tertiary/aromatic N) is 6. The summed E-state index contributed by atoms with van der Waals surface area (Å²) < 4.78 is 20.7. The van der Waals surface area contributed by atoms with Crippen LogP contribution in [0.5, 0.6) is 17.2 Å². The number of aliphatic hydroxyl groups is 2. The van der Waals surface area contributed by atoms with Crippen LogP contribution in [-0.2, 0) is 11.8 Å². The van der Waals surface area contributed by atoms with Crippen molar-refractivity contribution in [3.63, 3.8) is 0 Å². The molecule has 0 amide bonds. The fourth-order valence-corrected chi connectivity index (χ4v) is 4.34. The summed E-state index contributed by atoms with van der Waals surface area (Å²) in [5, 5.41) is 25.8. The van der Waals surface area contributed by atoms with Gasteiger partial charge in [-0.15, -0.1) is 0 Å². The molecular weight excluding hydrogens is 484 g/mol. The molecule has 192 valence electrons. The highest BCUT2D eigenvalue weighted by atomic mass is 16.5. The van der Waals surface area contributed by atoms with Crippen molar-refractivity contribution in [2.24, 2.45) is 7.05 Å². The highest BCUT2D eigenvalue weighted by molar-refractivity contribution is 5.82. The monoisotopic (exact) mass is 508 g/mol. The third-order valence-electron chi connectivity index (χ3n) is 6.21. The third kappa shape index (κ3) is 4.20. The second-order valence-corrected chi connectivity index (χ2v) is 8.64. The smallest absolute Gasteiger partial charge is 0.349 e. The van der Waals surface area contributed by atoms with Crippen LogP contribution in [0.2, 0.25) is 0 Å². The second kappa shape index (κ2) is 9.31. The zero-order valence-electron chi connectivity index (χ0n) is 19.7. The number of ether oxygens (including phenoxy) is 3. The van der Waals surface area contributed by atoms with E-state index in [1.807, 2.05) is 6.07 Å². The summed E-state index contributed by atoms with van der Waals surface area (Å²) >= 11 is 0. The summed E-state index contributed by atoms with van der Waals surface area (Å²) in [5.41, 5.74) is 1.27. The number of hydrogen-bond donors (Lipinski definition) is 4. The number of para-hydroxylation sites is 1. The van der Waals surface area contributed by atoms with Gasteiger partial charge in [-0.05, 0) is 12.1 Å². The molecule has 3 aromatic heterocycles. The van der Waals surface area contributed by atoms with Gasteiger partial charge in [0.1, 0.15) is 36.7 Å². The Hall–Kier alpha value is -4.27. The Morgan fingerprint density at radius 1 is 1.27 bits per heavy atom. The van der Waals surface area contributed by atoms with Gasteiger partial charge in [0.2, 0.25) is 0 Å². The lowest BCUT2D eigenvalue weighted by Crippen LogP contribution is -2.24. The molecule has 3 atom stereocenters. The molecule has 0 radical (unpaired) electrons. The van der Waals surface area contributed by atoms with Crippen LogP contribution in [0.4, 0.5) is 17.3 Å². The van der Waals surface area contributed by atoms with Crippen LogP contribution in [0.25, 0.3) is 11.2 Å². The average Bonchev–Trinajstić information content (AvgIpc) is 3.49. The fraction of sp³-hybridized carbons (Fsp3) is 0.348. The molecule has 0 bridgehead atoms. The van der Waals surface area contributed by atoms with Gasteiger partial charge in [-0.25, -0.2) is 19.7 Å². The molecule has 2 aliphatic rings. The molecular formula is C23H24N8O6. The molecule has 4 aromatic rings. The topological polar surface area (TPSA) is 171 Å². The van der Waals surface area contributed by atoms with Crippen LogP contribution < -0.4 is 25.8 Å². The number of imidazole rings is 1. The van der Waals surface area contributed by atoms with Gasteiger partial charge >= 0.3 is 5.69 Å². The minimum Gasteiger partial charge on any atom is -0.489 e. The maximum atomic E-state index is 11.9. The van der Waals surface area contributed by atoms with E-state index in [9.17, 15) is 15.0 Å². The molecule has 14 nitrogen and oxygen atoms in total. The molecule has 0 unspecified atom stereocenters. The van der Waals surface area contributed by atoms with Gasteiger partial charge in [0.25, 0.3) is 0 Å². The van der Waals surface area contributed by atoms with Crippen LogP contribution in [-0.4, -0.2) is 71.2 Å². The Morgan fingerprint density at radius 3 is 3.00 bits per heavy atom. The van der Waals surface area contributed by atoms with Crippen molar-refractivity contribution < 1.29 is 24.4 Å². The Balaban J connectivity index is 1.12. The van der Waals surface area contributed by atoms with E-state index in [1.165, 1.54) is 10.9 Å². The molecule has 1 aromatic carbocycles. The number of nitrogens with one attached hydrogen (secondary N) is 2. The molecule has 1 saturated heterocycles. The quantitative estimate of drug-likeness (QED) is 0.229.